The van der Waals surface area contributed by atoms with Crippen LogP contribution in [0.1, 0.15) is 20.8 Å². The van der Waals surface area contributed by atoms with Crippen molar-refractivity contribution in [3.63, 3.8) is 0 Å². The first-order chi connectivity index (χ1) is 9.12. The van der Waals surface area contributed by atoms with Crippen molar-refractivity contribution in [2.24, 2.45) is 0 Å². The van der Waals surface area contributed by atoms with Crippen molar-refractivity contribution >= 4 is 56.0 Å². The number of nitrogen functional groups attached to an aromatic ring is 1. The predicted octanol–water partition coefficient (Wildman–Crippen LogP) is 1.56. The molecule has 0 amide bonds. The van der Waals surface area contributed by atoms with E-state index in [1.54, 1.807) is 45.0 Å². The number of phenolic OH excluding ortho intramolecular Hbond substituents is 1. The number of nitrogens with two attached hydrogens (primary N) is 1. The summed E-state index contributed by atoms with van der Waals surface area (Å²) in [5, 5.41) is 11.3. The van der Waals surface area contributed by atoms with Crippen molar-refractivity contribution in [1.29, 1.82) is 0 Å². The number of hydrogen-bond acceptors (Lipinski definition) is 4. The standard InChI is InChI=1S/C14H18N2O3S.Na.H/c1-14(2,3)16-20(18,19)12-8-7-9-10(13(12)17)5-4-6-11(9)15;;/h4-8,16-17H,15H2,1-3H3;;. The Hall–Kier alpha value is -0.790. The average molecular weight is 318 g/mol. The molecule has 0 bridgehead atoms. The van der Waals surface area contributed by atoms with E-state index in [4.69, 9.17) is 5.73 Å². The number of fused-ring (bicyclic) bond motifs is 1. The monoisotopic (exact) mass is 318 g/mol. The summed E-state index contributed by atoms with van der Waals surface area (Å²) in [6.45, 7) is 5.21. The van der Waals surface area contributed by atoms with Gasteiger partial charge in [0.1, 0.15) is 10.6 Å². The van der Waals surface area contributed by atoms with E-state index in [0.29, 0.717) is 16.5 Å². The minimum atomic E-state index is -3.79. The van der Waals surface area contributed by atoms with Gasteiger partial charge in [-0.25, -0.2) is 13.1 Å². The van der Waals surface area contributed by atoms with E-state index in [1.165, 1.54) is 6.07 Å². The molecule has 4 N–H and O–H groups in total. The van der Waals surface area contributed by atoms with Gasteiger partial charge in [0.2, 0.25) is 10.0 Å². The fourth-order valence-corrected chi connectivity index (χ4v) is 3.55. The Morgan fingerprint density at radius 1 is 1.10 bits per heavy atom. The molecule has 0 saturated carbocycles. The average Bonchev–Trinajstić information content (AvgIpc) is 2.27. The molecule has 110 valence electrons. The summed E-state index contributed by atoms with van der Waals surface area (Å²) in [7, 11) is -3.79. The number of anilines is 1. The topological polar surface area (TPSA) is 92.4 Å². The molecule has 0 saturated heterocycles. The number of sulfonamides is 1. The fraction of sp³-hybridized carbons (Fsp3) is 0.286. The van der Waals surface area contributed by atoms with Crippen molar-refractivity contribution in [3.8, 4) is 5.75 Å². The number of phenols is 1. The SMILES string of the molecule is CC(C)(C)NS(=O)(=O)c1ccc2c(N)cccc2c1O.[NaH]. The van der Waals surface area contributed by atoms with Gasteiger partial charge >= 0.3 is 29.6 Å². The van der Waals surface area contributed by atoms with Gasteiger partial charge in [0.05, 0.1) is 0 Å². The molecule has 2 aromatic rings. The van der Waals surface area contributed by atoms with E-state index in [0.717, 1.165) is 0 Å². The zero-order chi connectivity index (χ0) is 15.1. The molecule has 0 unspecified atom stereocenters. The summed E-state index contributed by atoms with van der Waals surface area (Å²) in [6, 6.07) is 7.97. The Labute approximate surface area is 146 Å². The Morgan fingerprint density at radius 2 is 1.71 bits per heavy atom. The molecule has 5 nitrogen and oxygen atoms in total. The first-order valence-corrected chi connectivity index (χ1v) is 7.64. The molecule has 0 aromatic heterocycles. The summed E-state index contributed by atoms with van der Waals surface area (Å²) in [4.78, 5) is -0.148. The fourth-order valence-electron chi connectivity index (χ4n) is 2.02. The van der Waals surface area contributed by atoms with Gasteiger partial charge in [0.15, 0.2) is 0 Å². The predicted molar refractivity (Wildman–Crippen MR) is 87.2 cm³/mol. The van der Waals surface area contributed by atoms with Crippen molar-refractivity contribution in [3.05, 3.63) is 30.3 Å². The summed E-state index contributed by atoms with van der Waals surface area (Å²) in [5.74, 6) is -0.286. The normalized spacial score (nSPS) is 12.1. The molecule has 0 aliphatic carbocycles. The first-order valence-electron chi connectivity index (χ1n) is 6.16. The second-order valence-electron chi connectivity index (χ2n) is 5.71. The zero-order valence-corrected chi connectivity index (χ0v) is 12.5. The van der Waals surface area contributed by atoms with Crippen LogP contribution in [-0.4, -0.2) is 48.6 Å². The van der Waals surface area contributed by atoms with Crippen molar-refractivity contribution in [1.82, 2.24) is 4.72 Å². The van der Waals surface area contributed by atoms with Gasteiger partial charge in [-0.05, 0) is 32.9 Å². The molecular weight excluding hydrogens is 299 g/mol. The number of aromatic hydroxyl groups is 1. The van der Waals surface area contributed by atoms with E-state index in [-0.39, 0.29) is 40.2 Å². The molecule has 0 heterocycles. The van der Waals surface area contributed by atoms with Crippen molar-refractivity contribution in [2.75, 3.05) is 5.73 Å². The molecule has 2 rings (SSSR count). The third kappa shape index (κ3) is 3.90. The van der Waals surface area contributed by atoms with Gasteiger partial charge in [-0.15, -0.1) is 0 Å². The molecule has 0 fully saturated rings. The van der Waals surface area contributed by atoms with Crippen LogP contribution >= 0.6 is 0 Å². The van der Waals surface area contributed by atoms with Crippen molar-refractivity contribution in [2.45, 2.75) is 31.2 Å². The van der Waals surface area contributed by atoms with Crippen LogP contribution < -0.4 is 10.5 Å². The summed E-state index contributed by atoms with van der Waals surface area (Å²) >= 11 is 0. The molecule has 0 aliphatic rings. The van der Waals surface area contributed by atoms with Gasteiger partial charge in [-0.3, -0.25) is 0 Å². The Kier molecular flexibility index (Phi) is 5.34. The van der Waals surface area contributed by atoms with Gasteiger partial charge in [0.25, 0.3) is 0 Å². The molecule has 0 aliphatic heterocycles. The number of nitrogens with one attached hydrogen (secondary N) is 1. The number of benzene rings is 2. The van der Waals surface area contributed by atoms with Crippen LogP contribution in [0.4, 0.5) is 5.69 Å². The maximum absolute atomic E-state index is 12.3. The van der Waals surface area contributed by atoms with Crippen LogP contribution in [0.25, 0.3) is 10.8 Å². The van der Waals surface area contributed by atoms with Gasteiger partial charge in [-0.1, -0.05) is 18.2 Å². The van der Waals surface area contributed by atoms with Crippen LogP contribution in [0.3, 0.4) is 0 Å². The van der Waals surface area contributed by atoms with Crippen LogP contribution in [0.15, 0.2) is 35.2 Å². The van der Waals surface area contributed by atoms with Crippen molar-refractivity contribution < 1.29 is 13.5 Å². The van der Waals surface area contributed by atoms with Crippen LogP contribution in [0.5, 0.6) is 5.75 Å². The van der Waals surface area contributed by atoms with E-state index < -0.39 is 15.6 Å². The molecule has 0 radical (unpaired) electrons. The molecule has 0 atom stereocenters. The molecule has 7 heteroatoms. The Morgan fingerprint density at radius 3 is 2.29 bits per heavy atom. The van der Waals surface area contributed by atoms with E-state index in [2.05, 4.69) is 4.72 Å². The van der Waals surface area contributed by atoms with E-state index in [9.17, 15) is 13.5 Å². The Bertz CT molecular complexity index is 768. The minimum absolute atomic E-state index is 0. The van der Waals surface area contributed by atoms with Gasteiger partial charge < -0.3 is 10.8 Å². The second kappa shape index (κ2) is 6.14. The zero-order valence-electron chi connectivity index (χ0n) is 11.6. The third-order valence-electron chi connectivity index (χ3n) is 2.76. The molecule has 0 spiro atoms. The van der Waals surface area contributed by atoms with Crippen LogP contribution in [0.2, 0.25) is 0 Å². The second-order valence-corrected chi connectivity index (χ2v) is 7.36. The van der Waals surface area contributed by atoms with E-state index in [1.807, 2.05) is 0 Å². The molecule has 21 heavy (non-hydrogen) atoms. The number of rotatable bonds is 2. The third-order valence-corrected chi connectivity index (χ3v) is 4.55. The Balaban J connectivity index is 0.00000220. The van der Waals surface area contributed by atoms with Gasteiger partial charge in [0, 0.05) is 22.0 Å². The van der Waals surface area contributed by atoms with E-state index >= 15 is 0 Å². The van der Waals surface area contributed by atoms with Crippen LogP contribution in [-0.2, 0) is 10.0 Å². The van der Waals surface area contributed by atoms with Gasteiger partial charge in [-0.2, -0.15) is 0 Å². The quantitative estimate of drug-likeness (QED) is 0.579. The maximum atomic E-state index is 12.3. The number of hydrogen-bond donors (Lipinski definition) is 3. The van der Waals surface area contributed by atoms with Crippen LogP contribution in [0, 0.1) is 0 Å². The molecule has 2 aromatic carbocycles. The summed E-state index contributed by atoms with van der Waals surface area (Å²) in [5.41, 5.74) is 5.67. The summed E-state index contributed by atoms with van der Waals surface area (Å²) in [6.07, 6.45) is 0. The molecular formula is C14H19N2NaO3S. The first kappa shape index (κ1) is 18.3. The summed E-state index contributed by atoms with van der Waals surface area (Å²) < 4.78 is 27.1.